The first-order chi connectivity index (χ1) is 8.18. The maximum absolute atomic E-state index is 11.8. The summed E-state index contributed by atoms with van der Waals surface area (Å²) < 4.78 is 17.3. The first-order valence-electron chi connectivity index (χ1n) is 6.36. The molecule has 5 fully saturated rings. The molecular weight excluding hydrogens is 220 g/mol. The molecule has 2 bridgehead atoms. The highest BCUT2D eigenvalue weighted by Gasteiger charge is 2.72. The second-order valence-electron chi connectivity index (χ2n) is 5.64. The van der Waals surface area contributed by atoms with Gasteiger partial charge in [-0.3, -0.25) is 0 Å². The Labute approximate surface area is 99.9 Å². The van der Waals surface area contributed by atoms with Gasteiger partial charge in [-0.2, -0.15) is 0 Å². The average molecular weight is 236 g/mol. The second kappa shape index (κ2) is 2.93. The van der Waals surface area contributed by atoms with E-state index in [1.807, 2.05) is 0 Å². The monoisotopic (exact) mass is 236 g/mol. The summed E-state index contributed by atoms with van der Waals surface area (Å²) in [5, 5.41) is 0. The maximum Gasteiger partial charge on any atom is 0.334 e. The zero-order valence-corrected chi connectivity index (χ0v) is 9.74. The van der Waals surface area contributed by atoms with E-state index in [0.29, 0.717) is 24.7 Å². The van der Waals surface area contributed by atoms with Gasteiger partial charge in [-0.1, -0.05) is 6.58 Å². The Balaban J connectivity index is 1.88. The van der Waals surface area contributed by atoms with E-state index in [-0.39, 0.29) is 12.1 Å². The van der Waals surface area contributed by atoms with Gasteiger partial charge in [-0.05, 0) is 25.2 Å². The lowest BCUT2D eigenvalue weighted by Gasteiger charge is -2.56. The highest BCUT2D eigenvalue weighted by atomic mass is 16.7. The Morgan fingerprint density at radius 1 is 1.29 bits per heavy atom. The lowest BCUT2D eigenvalue weighted by molar-refractivity contribution is -0.289. The van der Waals surface area contributed by atoms with Crippen molar-refractivity contribution in [3.05, 3.63) is 12.2 Å². The molecule has 0 aromatic heterocycles. The van der Waals surface area contributed by atoms with E-state index in [1.165, 1.54) is 0 Å². The van der Waals surface area contributed by atoms with Gasteiger partial charge in [0.25, 0.3) is 0 Å². The highest BCUT2D eigenvalue weighted by Crippen LogP contribution is 2.65. The van der Waals surface area contributed by atoms with Gasteiger partial charge >= 0.3 is 5.97 Å². The van der Waals surface area contributed by atoms with E-state index in [9.17, 15) is 4.79 Å². The maximum atomic E-state index is 11.8. The van der Waals surface area contributed by atoms with Crippen LogP contribution in [-0.2, 0) is 19.0 Å². The Kier molecular flexibility index (Phi) is 1.74. The fourth-order valence-corrected chi connectivity index (χ4v) is 4.33. The van der Waals surface area contributed by atoms with Crippen LogP contribution in [0.1, 0.15) is 25.7 Å². The number of hydrogen-bond donors (Lipinski definition) is 0. The minimum Gasteiger partial charge on any atom is -0.458 e. The topological polar surface area (TPSA) is 44.8 Å². The van der Waals surface area contributed by atoms with Crippen LogP contribution in [0.15, 0.2) is 12.2 Å². The van der Waals surface area contributed by atoms with E-state index >= 15 is 0 Å². The molecule has 4 nitrogen and oxygen atoms in total. The third-order valence-electron chi connectivity index (χ3n) is 5.07. The van der Waals surface area contributed by atoms with E-state index < -0.39 is 11.2 Å². The molecule has 3 aliphatic carbocycles. The Morgan fingerprint density at radius 3 is 2.82 bits per heavy atom. The molecule has 3 saturated carbocycles. The van der Waals surface area contributed by atoms with Crippen molar-refractivity contribution >= 4 is 5.97 Å². The molecule has 5 aliphatic rings. The van der Waals surface area contributed by atoms with E-state index in [2.05, 4.69) is 6.58 Å². The van der Waals surface area contributed by atoms with Crippen molar-refractivity contribution in [2.45, 2.75) is 37.6 Å². The third kappa shape index (κ3) is 0.960. The summed E-state index contributed by atoms with van der Waals surface area (Å²) in [6, 6.07) is 0. The smallest absolute Gasteiger partial charge is 0.334 e. The van der Waals surface area contributed by atoms with E-state index in [4.69, 9.17) is 14.2 Å². The van der Waals surface area contributed by atoms with Crippen LogP contribution in [-0.4, -0.2) is 31.1 Å². The minimum atomic E-state index is -0.623. The molecule has 2 aliphatic heterocycles. The first-order valence-corrected chi connectivity index (χ1v) is 6.36. The fraction of sp³-hybridized carbons (Fsp3) is 0.769. The summed E-state index contributed by atoms with van der Waals surface area (Å²) in [7, 11) is 0. The number of carbonyl (C=O) groups is 1. The van der Waals surface area contributed by atoms with E-state index in [1.54, 1.807) is 0 Å². The van der Waals surface area contributed by atoms with Crippen LogP contribution < -0.4 is 0 Å². The molecule has 3 unspecified atom stereocenters. The molecule has 2 saturated heterocycles. The van der Waals surface area contributed by atoms with Crippen LogP contribution >= 0.6 is 0 Å². The molecule has 92 valence electrons. The number of ether oxygens (including phenoxy) is 3. The predicted octanol–water partition coefficient (Wildman–Crippen LogP) is 1.40. The normalized spacial score (nSPS) is 46.4. The van der Waals surface area contributed by atoms with Gasteiger partial charge in [0, 0.05) is 12.0 Å². The largest absolute Gasteiger partial charge is 0.458 e. The van der Waals surface area contributed by atoms with E-state index in [0.717, 1.165) is 25.7 Å². The van der Waals surface area contributed by atoms with Crippen molar-refractivity contribution in [3.63, 3.8) is 0 Å². The number of fused-ring (bicyclic) bond motifs is 1. The lowest BCUT2D eigenvalue weighted by Crippen LogP contribution is -2.62. The van der Waals surface area contributed by atoms with Crippen molar-refractivity contribution in [1.29, 1.82) is 0 Å². The van der Waals surface area contributed by atoms with Crippen molar-refractivity contribution in [3.8, 4) is 0 Å². The molecule has 0 amide bonds. The summed E-state index contributed by atoms with van der Waals surface area (Å²) >= 11 is 0. The summed E-state index contributed by atoms with van der Waals surface area (Å²) in [6.07, 6.45) is 3.79. The molecule has 0 aromatic rings. The minimum absolute atomic E-state index is 0.0758. The van der Waals surface area contributed by atoms with Gasteiger partial charge in [0.2, 0.25) is 0 Å². The van der Waals surface area contributed by atoms with Gasteiger partial charge in [-0.15, -0.1) is 0 Å². The van der Waals surface area contributed by atoms with Crippen LogP contribution in [0.5, 0.6) is 0 Å². The second-order valence-corrected chi connectivity index (χ2v) is 5.64. The standard InChI is InChI=1S/C13H16O4/c1-8-11(14)17-10-6-9-2-3-12(8,10)13(7-9)15-4-5-16-13/h9-10H,1-7H2. The number of esters is 1. The van der Waals surface area contributed by atoms with Gasteiger partial charge in [0.1, 0.15) is 6.10 Å². The van der Waals surface area contributed by atoms with Gasteiger partial charge in [0.05, 0.1) is 18.6 Å². The van der Waals surface area contributed by atoms with Crippen LogP contribution in [0.2, 0.25) is 0 Å². The summed E-state index contributed by atoms with van der Waals surface area (Å²) in [5.74, 6) is -0.322. The Bertz CT molecular complexity index is 410. The molecular formula is C13H16O4. The van der Waals surface area contributed by atoms with Crippen LogP contribution in [0.3, 0.4) is 0 Å². The molecule has 3 atom stereocenters. The molecule has 2 heterocycles. The molecule has 17 heavy (non-hydrogen) atoms. The van der Waals surface area contributed by atoms with Gasteiger partial charge < -0.3 is 14.2 Å². The molecule has 0 aromatic carbocycles. The lowest BCUT2D eigenvalue weighted by atomic mass is 9.53. The zero-order chi connectivity index (χ0) is 11.7. The Hall–Kier alpha value is -0.870. The average Bonchev–Trinajstić information content (AvgIpc) is 2.86. The number of carbonyl (C=O) groups excluding carboxylic acids is 1. The van der Waals surface area contributed by atoms with Crippen molar-refractivity contribution in [1.82, 2.24) is 0 Å². The number of rotatable bonds is 0. The van der Waals surface area contributed by atoms with Crippen LogP contribution in [0.25, 0.3) is 0 Å². The summed E-state index contributed by atoms with van der Waals surface area (Å²) in [5.41, 5.74) is 0.164. The quantitative estimate of drug-likeness (QED) is 0.471. The molecule has 5 rings (SSSR count). The highest BCUT2D eigenvalue weighted by molar-refractivity contribution is 5.92. The van der Waals surface area contributed by atoms with Crippen molar-refractivity contribution in [2.24, 2.45) is 11.3 Å². The molecule has 0 radical (unpaired) electrons. The zero-order valence-electron chi connectivity index (χ0n) is 9.74. The van der Waals surface area contributed by atoms with Gasteiger partial charge in [-0.25, -0.2) is 4.79 Å². The third-order valence-corrected chi connectivity index (χ3v) is 5.07. The number of hydrogen-bond acceptors (Lipinski definition) is 4. The predicted molar refractivity (Wildman–Crippen MR) is 58.0 cm³/mol. The van der Waals surface area contributed by atoms with Gasteiger partial charge in [0.15, 0.2) is 5.79 Å². The molecule has 4 heteroatoms. The SMILES string of the molecule is C=C1C(=O)OC2CC3CCC12C1(C3)OCCO1. The molecule has 2 spiro atoms. The van der Waals surface area contributed by atoms with Crippen molar-refractivity contribution < 1.29 is 19.0 Å². The first kappa shape index (κ1) is 10.1. The molecule has 0 N–H and O–H groups in total. The van der Waals surface area contributed by atoms with Crippen LogP contribution in [0, 0.1) is 11.3 Å². The summed E-state index contributed by atoms with van der Waals surface area (Å²) in [6.45, 7) is 5.20. The van der Waals surface area contributed by atoms with Crippen LogP contribution in [0.4, 0.5) is 0 Å². The fourth-order valence-electron chi connectivity index (χ4n) is 4.33. The summed E-state index contributed by atoms with van der Waals surface area (Å²) in [4.78, 5) is 11.8. The Morgan fingerprint density at radius 2 is 2.06 bits per heavy atom. The van der Waals surface area contributed by atoms with Crippen molar-refractivity contribution in [2.75, 3.05) is 13.2 Å².